The summed E-state index contributed by atoms with van der Waals surface area (Å²) in [5.41, 5.74) is 1.97. The molecule has 5 rings (SSSR count). The minimum atomic E-state index is -0.182. The van der Waals surface area contributed by atoms with Gasteiger partial charge in [0, 0.05) is 39.3 Å². The molecule has 0 radical (unpaired) electrons. The van der Waals surface area contributed by atoms with Crippen LogP contribution >= 0.6 is 11.3 Å². The van der Waals surface area contributed by atoms with E-state index >= 15 is 0 Å². The standard InChI is InChI=1S/C22H28N6O2S/c1-3-4-16-15-23-21(29)28(16)22-24-19-18(31-22)6-5-17-20(19)27(13-14-30-17)12-11-26-9-7-25(2)8-10-26/h5-6,16H,7-15H2,1-2H3,(H,23,29)/t16-/m1/s1. The highest BCUT2D eigenvalue weighted by Gasteiger charge is 2.34. The maximum absolute atomic E-state index is 12.5. The van der Waals surface area contributed by atoms with Crippen LogP contribution in [0.3, 0.4) is 0 Å². The number of carbonyl (C=O) groups is 1. The third-order valence-electron chi connectivity index (χ3n) is 6.20. The molecular formula is C22H28N6O2S. The average Bonchev–Trinajstić information content (AvgIpc) is 3.36. The second-order valence-corrected chi connectivity index (χ2v) is 9.21. The van der Waals surface area contributed by atoms with Crippen LogP contribution < -0.4 is 19.9 Å². The van der Waals surface area contributed by atoms with Crippen LogP contribution in [0.2, 0.25) is 0 Å². The first-order chi connectivity index (χ1) is 15.1. The van der Waals surface area contributed by atoms with Crippen LogP contribution in [0.4, 0.5) is 15.6 Å². The Bertz CT molecular complexity index is 1040. The zero-order valence-corrected chi connectivity index (χ0v) is 18.9. The molecule has 0 unspecified atom stereocenters. The summed E-state index contributed by atoms with van der Waals surface area (Å²) in [4.78, 5) is 26.4. The molecule has 31 heavy (non-hydrogen) atoms. The number of amides is 2. The molecule has 2 fully saturated rings. The van der Waals surface area contributed by atoms with Gasteiger partial charge in [0.25, 0.3) is 0 Å². The summed E-state index contributed by atoms with van der Waals surface area (Å²) in [6.45, 7) is 10.3. The van der Waals surface area contributed by atoms with Crippen molar-refractivity contribution in [1.29, 1.82) is 0 Å². The first-order valence-corrected chi connectivity index (χ1v) is 11.7. The van der Waals surface area contributed by atoms with E-state index in [4.69, 9.17) is 9.72 Å². The Balaban J connectivity index is 1.43. The summed E-state index contributed by atoms with van der Waals surface area (Å²) < 4.78 is 7.03. The number of likely N-dealkylation sites (N-methyl/N-ethyl adjacent to an activating group) is 1. The minimum absolute atomic E-state index is 0.135. The van der Waals surface area contributed by atoms with Crippen molar-refractivity contribution >= 4 is 38.4 Å². The normalized spacial score (nSPS) is 22.1. The summed E-state index contributed by atoms with van der Waals surface area (Å²) in [6.07, 6.45) is 0. The molecule has 1 N–H and O–H groups in total. The van der Waals surface area contributed by atoms with Gasteiger partial charge < -0.3 is 19.9 Å². The first-order valence-electron chi connectivity index (χ1n) is 10.9. The molecule has 3 aliphatic heterocycles. The van der Waals surface area contributed by atoms with Crippen LogP contribution in [0, 0.1) is 11.8 Å². The fraction of sp³-hybridized carbons (Fsp3) is 0.545. The van der Waals surface area contributed by atoms with Gasteiger partial charge in [-0.2, -0.15) is 0 Å². The third kappa shape index (κ3) is 3.91. The number of anilines is 2. The Kier molecular flexibility index (Phi) is 5.61. The van der Waals surface area contributed by atoms with E-state index in [1.807, 2.05) is 12.1 Å². The van der Waals surface area contributed by atoms with E-state index in [1.165, 1.54) is 11.3 Å². The molecule has 2 aromatic rings. The second-order valence-electron chi connectivity index (χ2n) is 8.20. The van der Waals surface area contributed by atoms with E-state index in [9.17, 15) is 4.79 Å². The number of ether oxygens (including phenoxy) is 1. The molecule has 1 atom stereocenters. The molecule has 1 aromatic carbocycles. The van der Waals surface area contributed by atoms with Gasteiger partial charge in [-0.05, 0) is 26.1 Å². The van der Waals surface area contributed by atoms with E-state index in [0.717, 1.165) is 67.5 Å². The van der Waals surface area contributed by atoms with E-state index in [-0.39, 0.29) is 12.1 Å². The number of carbonyl (C=O) groups excluding carboxylic acids is 1. The lowest BCUT2D eigenvalue weighted by molar-refractivity contribution is 0.156. The molecular weight excluding hydrogens is 412 g/mol. The molecule has 2 saturated heterocycles. The predicted octanol–water partition coefficient (Wildman–Crippen LogP) is 1.66. The molecule has 0 bridgehead atoms. The van der Waals surface area contributed by atoms with Gasteiger partial charge in [-0.3, -0.25) is 9.80 Å². The lowest BCUT2D eigenvalue weighted by Gasteiger charge is -2.36. The molecule has 0 aliphatic carbocycles. The van der Waals surface area contributed by atoms with Crippen LogP contribution in [-0.2, 0) is 0 Å². The molecule has 3 aliphatic rings. The van der Waals surface area contributed by atoms with Crippen molar-refractivity contribution in [1.82, 2.24) is 20.1 Å². The molecule has 0 saturated carbocycles. The van der Waals surface area contributed by atoms with Crippen molar-refractivity contribution in [2.75, 3.05) is 75.8 Å². The number of benzene rings is 1. The molecule has 0 spiro atoms. The monoisotopic (exact) mass is 440 g/mol. The third-order valence-corrected chi connectivity index (χ3v) is 7.22. The van der Waals surface area contributed by atoms with Crippen molar-refractivity contribution in [3.63, 3.8) is 0 Å². The summed E-state index contributed by atoms with van der Waals surface area (Å²) in [5.74, 6) is 6.92. The number of thiazole rings is 1. The number of piperazine rings is 1. The van der Waals surface area contributed by atoms with E-state index in [2.05, 4.69) is 38.9 Å². The van der Waals surface area contributed by atoms with Crippen LogP contribution in [0.1, 0.15) is 6.92 Å². The quantitative estimate of drug-likeness (QED) is 0.730. The zero-order chi connectivity index (χ0) is 21.4. The lowest BCUT2D eigenvalue weighted by Crippen LogP contribution is -2.47. The lowest BCUT2D eigenvalue weighted by atomic mass is 10.2. The van der Waals surface area contributed by atoms with Gasteiger partial charge in [-0.25, -0.2) is 9.78 Å². The fourth-order valence-corrected chi connectivity index (χ4v) is 5.43. The van der Waals surface area contributed by atoms with Crippen molar-refractivity contribution < 1.29 is 9.53 Å². The Hall–Kier alpha value is -2.54. The van der Waals surface area contributed by atoms with E-state index in [0.29, 0.717) is 18.3 Å². The number of urea groups is 1. The minimum Gasteiger partial charge on any atom is -0.489 e. The van der Waals surface area contributed by atoms with Crippen LogP contribution in [-0.4, -0.2) is 92.9 Å². The van der Waals surface area contributed by atoms with Crippen molar-refractivity contribution in [3.8, 4) is 17.6 Å². The van der Waals surface area contributed by atoms with Crippen LogP contribution in [0.15, 0.2) is 12.1 Å². The molecule has 2 amide bonds. The van der Waals surface area contributed by atoms with E-state index < -0.39 is 0 Å². The van der Waals surface area contributed by atoms with Gasteiger partial charge in [0.05, 0.1) is 17.8 Å². The van der Waals surface area contributed by atoms with Gasteiger partial charge in [-0.1, -0.05) is 17.3 Å². The number of fused-ring (bicyclic) bond motifs is 3. The number of rotatable bonds is 4. The number of hydrogen-bond donors (Lipinski definition) is 1. The highest BCUT2D eigenvalue weighted by molar-refractivity contribution is 7.22. The molecule has 8 nitrogen and oxygen atoms in total. The van der Waals surface area contributed by atoms with Crippen molar-refractivity contribution in [2.24, 2.45) is 0 Å². The highest BCUT2D eigenvalue weighted by atomic mass is 32.1. The van der Waals surface area contributed by atoms with Crippen molar-refractivity contribution in [3.05, 3.63) is 12.1 Å². The summed E-state index contributed by atoms with van der Waals surface area (Å²) in [5, 5.41) is 3.58. The Morgan fingerprint density at radius 1 is 1.23 bits per heavy atom. The number of aromatic nitrogens is 1. The fourth-order valence-electron chi connectivity index (χ4n) is 4.41. The first kappa shape index (κ1) is 20.4. The van der Waals surface area contributed by atoms with E-state index in [1.54, 1.807) is 11.8 Å². The highest BCUT2D eigenvalue weighted by Crippen LogP contribution is 2.42. The average molecular weight is 441 g/mol. The molecule has 4 heterocycles. The van der Waals surface area contributed by atoms with Gasteiger partial charge in [0.2, 0.25) is 0 Å². The maximum Gasteiger partial charge on any atom is 0.324 e. The zero-order valence-electron chi connectivity index (χ0n) is 18.1. The largest absolute Gasteiger partial charge is 0.489 e. The van der Waals surface area contributed by atoms with Crippen LogP contribution in [0.5, 0.6) is 5.75 Å². The summed E-state index contributed by atoms with van der Waals surface area (Å²) in [7, 11) is 2.18. The van der Waals surface area contributed by atoms with Crippen LogP contribution in [0.25, 0.3) is 10.2 Å². The Morgan fingerprint density at radius 2 is 2.06 bits per heavy atom. The SMILES string of the molecule is CC#C[C@@H]1CNC(=O)N1c1nc2c3c(ccc2s1)OCCN3CCN1CCN(C)CC1. The number of nitrogens with zero attached hydrogens (tertiary/aromatic N) is 5. The maximum atomic E-state index is 12.5. The van der Waals surface area contributed by atoms with Gasteiger partial charge in [-0.15, -0.1) is 5.92 Å². The summed E-state index contributed by atoms with van der Waals surface area (Å²) >= 11 is 1.54. The van der Waals surface area contributed by atoms with Crippen molar-refractivity contribution in [2.45, 2.75) is 13.0 Å². The summed E-state index contributed by atoms with van der Waals surface area (Å²) in [6, 6.07) is 3.77. The number of hydrogen-bond acceptors (Lipinski definition) is 7. The Morgan fingerprint density at radius 3 is 2.87 bits per heavy atom. The topological polar surface area (TPSA) is 64.2 Å². The van der Waals surface area contributed by atoms with Gasteiger partial charge >= 0.3 is 6.03 Å². The molecule has 9 heteroatoms. The van der Waals surface area contributed by atoms with Gasteiger partial charge in [0.1, 0.15) is 29.6 Å². The Labute approximate surface area is 186 Å². The molecule has 164 valence electrons. The predicted molar refractivity (Wildman–Crippen MR) is 124 cm³/mol. The smallest absolute Gasteiger partial charge is 0.324 e. The number of nitrogens with one attached hydrogen (secondary N) is 1. The van der Waals surface area contributed by atoms with Gasteiger partial charge in [0.15, 0.2) is 5.13 Å². The molecule has 1 aromatic heterocycles. The second kappa shape index (κ2) is 8.54.